The van der Waals surface area contributed by atoms with Gasteiger partial charge in [0.15, 0.2) is 0 Å². The second-order valence-electron chi connectivity index (χ2n) is 3.84. The molecule has 0 saturated heterocycles. The van der Waals surface area contributed by atoms with Crippen LogP contribution >= 0.6 is 0 Å². The van der Waals surface area contributed by atoms with E-state index in [1.54, 1.807) is 6.92 Å². The van der Waals surface area contributed by atoms with Crippen LogP contribution in [0.4, 0.5) is 14.5 Å². The number of nitrogens with one attached hydrogen (secondary N) is 2. The Labute approximate surface area is 108 Å². The van der Waals surface area contributed by atoms with Crippen molar-refractivity contribution in [3.05, 3.63) is 29.8 Å². The van der Waals surface area contributed by atoms with Gasteiger partial charge in [0.2, 0.25) is 0 Å². The molecule has 19 heavy (non-hydrogen) atoms. The summed E-state index contributed by atoms with van der Waals surface area (Å²) >= 11 is 0. The lowest BCUT2D eigenvalue weighted by Crippen LogP contribution is -2.43. The predicted octanol–water partition coefficient (Wildman–Crippen LogP) is 0.790. The minimum atomic E-state index is -1.13. The van der Waals surface area contributed by atoms with Crippen LogP contribution in [0.2, 0.25) is 0 Å². The highest BCUT2D eigenvalue weighted by atomic mass is 19.1. The highest BCUT2D eigenvalue weighted by Gasteiger charge is 2.18. The van der Waals surface area contributed by atoms with Gasteiger partial charge in [-0.1, -0.05) is 6.92 Å². The Hall–Kier alpha value is -2.02. The Morgan fingerprint density at radius 2 is 2.00 bits per heavy atom. The molecular weight excluding hydrogens is 258 g/mol. The molecule has 2 amide bonds. The fourth-order valence-corrected chi connectivity index (χ4v) is 1.30. The maximum Gasteiger partial charge on any atom is 0.313 e. The molecule has 1 atom stereocenters. The van der Waals surface area contributed by atoms with Gasteiger partial charge < -0.3 is 15.7 Å². The van der Waals surface area contributed by atoms with Crippen molar-refractivity contribution in [1.29, 1.82) is 0 Å². The third-order valence-electron chi connectivity index (χ3n) is 2.43. The quantitative estimate of drug-likeness (QED) is 0.709. The predicted molar refractivity (Wildman–Crippen MR) is 64.3 cm³/mol. The topological polar surface area (TPSA) is 78.4 Å². The zero-order valence-corrected chi connectivity index (χ0v) is 10.2. The van der Waals surface area contributed by atoms with Gasteiger partial charge in [-0.3, -0.25) is 9.59 Å². The van der Waals surface area contributed by atoms with Crippen molar-refractivity contribution >= 4 is 17.5 Å². The van der Waals surface area contributed by atoms with Crippen LogP contribution in [0.1, 0.15) is 13.3 Å². The van der Waals surface area contributed by atoms with E-state index in [0.717, 1.165) is 18.2 Å². The van der Waals surface area contributed by atoms with E-state index in [9.17, 15) is 18.4 Å². The fraction of sp³-hybridized carbons (Fsp3) is 0.333. The molecule has 0 aliphatic carbocycles. The number of halogens is 2. The number of anilines is 1. The van der Waals surface area contributed by atoms with Gasteiger partial charge in [-0.05, 0) is 18.6 Å². The van der Waals surface area contributed by atoms with Crippen molar-refractivity contribution < 1.29 is 23.5 Å². The molecule has 7 heteroatoms. The number of carbonyl (C=O) groups is 2. The van der Waals surface area contributed by atoms with Crippen molar-refractivity contribution in [2.45, 2.75) is 19.4 Å². The standard InChI is InChI=1S/C12H14F2N2O3/c1-2-8(6-17)15-11(18)12(19)16-10-5-7(13)3-4-9(10)14/h3-5,8,17H,2,6H2,1H3,(H,15,18)(H,16,19). The summed E-state index contributed by atoms with van der Waals surface area (Å²) in [6.07, 6.45) is 0.434. The fourth-order valence-electron chi connectivity index (χ4n) is 1.30. The molecule has 0 aliphatic heterocycles. The molecule has 0 aliphatic rings. The molecule has 0 aromatic heterocycles. The molecule has 0 bridgehead atoms. The van der Waals surface area contributed by atoms with Crippen LogP contribution in [0.25, 0.3) is 0 Å². The number of hydrogen-bond donors (Lipinski definition) is 3. The van der Waals surface area contributed by atoms with Crippen LogP contribution in [0.15, 0.2) is 18.2 Å². The van der Waals surface area contributed by atoms with E-state index in [1.165, 1.54) is 0 Å². The number of carbonyl (C=O) groups excluding carboxylic acids is 2. The number of benzene rings is 1. The van der Waals surface area contributed by atoms with Crippen LogP contribution in [-0.2, 0) is 9.59 Å². The molecule has 1 aromatic carbocycles. The van der Waals surface area contributed by atoms with E-state index in [-0.39, 0.29) is 6.61 Å². The first-order valence-corrected chi connectivity index (χ1v) is 5.65. The number of aliphatic hydroxyl groups excluding tert-OH is 1. The van der Waals surface area contributed by atoms with Crippen molar-refractivity contribution in [2.75, 3.05) is 11.9 Å². The Balaban J connectivity index is 2.69. The van der Waals surface area contributed by atoms with Gasteiger partial charge in [0.25, 0.3) is 0 Å². The zero-order chi connectivity index (χ0) is 14.4. The van der Waals surface area contributed by atoms with Crippen LogP contribution in [0, 0.1) is 11.6 Å². The molecule has 3 N–H and O–H groups in total. The van der Waals surface area contributed by atoms with Crippen LogP contribution in [0.3, 0.4) is 0 Å². The molecule has 0 saturated carbocycles. The van der Waals surface area contributed by atoms with Gasteiger partial charge in [-0.15, -0.1) is 0 Å². The summed E-state index contributed by atoms with van der Waals surface area (Å²) in [5.41, 5.74) is -0.419. The monoisotopic (exact) mass is 272 g/mol. The van der Waals surface area contributed by atoms with Crippen molar-refractivity contribution in [2.24, 2.45) is 0 Å². The molecule has 1 aromatic rings. The summed E-state index contributed by atoms with van der Waals surface area (Å²) in [4.78, 5) is 22.9. The smallest absolute Gasteiger partial charge is 0.313 e. The van der Waals surface area contributed by atoms with Crippen molar-refractivity contribution in [1.82, 2.24) is 5.32 Å². The Morgan fingerprint density at radius 3 is 2.58 bits per heavy atom. The van der Waals surface area contributed by atoms with Crippen molar-refractivity contribution in [3.8, 4) is 0 Å². The molecule has 0 spiro atoms. The van der Waals surface area contributed by atoms with Gasteiger partial charge in [0.1, 0.15) is 11.6 Å². The van der Waals surface area contributed by atoms with E-state index in [4.69, 9.17) is 5.11 Å². The molecule has 5 nitrogen and oxygen atoms in total. The highest BCUT2D eigenvalue weighted by Crippen LogP contribution is 2.14. The van der Waals surface area contributed by atoms with E-state index in [1.807, 2.05) is 5.32 Å². The van der Waals surface area contributed by atoms with Crippen LogP contribution < -0.4 is 10.6 Å². The average Bonchev–Trinajstić information content (AvgIpc) is 2.39. The highest BCUT2D eigenvalue weighted by molar-refractivity contribution is 6.39. The largest absolute Gasteiger partial charge is 0.394 e. The van der Waals surface area contributed by atoms with E-state index < -0.39 is 35.2 Å². The SMILES string of the molecule is CCC(CO)NC(=O)C(=O)Nc1cc(F)ccc1F. The van der Waals surface area contributed by atoms with E-state index in [0.29, 0.717) is 6.42 Å². The molecule has 0 radical (unpaired) electrons. The third kappa shape index (κ3) is 4.29. The number of amides is 2. The maximum absolute atomic E-state index is 13.2. The van der Waals surface area contributed by atoms with E-state index >= 15 is 0 Å². The zero-order valence-electron chi connectivity index (χ0n) is 10.2. The second kappa shape index (κ2) is 6.79. The summed E-state index contributed by atoms with van der Waals surface area (Å²) in [6, 6.07) is 1.94. The van der Waals surface area contributed by atoms with Crippen molar-refractivity contribution in [3.63, 3.8) is 0 Å². The minimum Gasteiger partial charge on any atom is -0.394 e. The van der Waals surface area contributed by atoms with Gasteiger partial charge in [-0.25, -0.2) is 8.78 Å². The Kier molecular flexibility index (Phi) is 5.37. The summed E-state index contributed by atoms with van der Waals surface area (Å²) in [5, 5.41) is 13.1. The first kappa shape index (κ1) is 15.0. The van der Waals surface area contributed by atoms with Gasteiger partial charge in [0.05, 0.1) is 18.3 Å². The van der Waals surface area contributed by atoms with Crippen LogP contribution in [0.5, 0.6) is 0 Å². The Morgan fingerprint density at radius 1 is 1.32 bits per heavy atom. The summed E-state index contributed by atoms with van der Waals surface area (Å²) in [7, 11) is 0. The molecule has 0 fully saturated rings. The first-order chi connectivity index (χ1) is 8.97. The number of aliphatic hydroxyl groups is 1. The number of rotatable bonds is 4. The normalized spacial score (nSPS) is 11.8. The lowest BCUT2D eigenvalue weighted by Gasteiger charge is -2.13. The first-order valence-electron chi connectivity index (χ1n) is 5.65. The lowest BCUT2D eigenvalue weighted by atomic mass is 10.2. The van der Waals surface area contributed by atoms with E-state index in [2.05, 4.69) is 5.32 Å². The number of hydrogen-bond acceptors (Lipinski definition) is 3. The van der Waals surface area contributed by atoms with Gasteiger partial charge >= 0.3 is 11.8 Å². The lowest BCUT2D eigenvalue weighted by molar-refractivity contribution is -0.136. The van der Waals surface area contributed by atoms with Crippen LogP contribution in [-0.4, -0.2) is 29.6 Å². The molecular formula is C12H14F2N2O3. The second-order valence-corrected chi connectivity index (χ2v) is 3.84. The Bertz CT molecular complexity index is 476. The molecule has 104 valence electrons. The summed E-state index contributed by atoms with van der Waals surface area (Å²) in [6.45, 7) is 1.40. The summed E-state index contributed by atoms with van der Waals surface area (Å²) in [5.74, 6) is -3.74. The average molecular weight is 272 g/mol. The minimum absolute atomic E-state index is 0.316. The van der Waals surface area contributed by atoms with Gasteiger partial charge in [0, 0.05) is 6.07 Å². The molecule has 1 unspecified atom stereocenters. The molecule has 0 heterocycles. The van der Waals surface area contributed by atoms with Gasteiger partial charge in [-0.2, -0.15) is 0 Å². The third-order valence-corrected chi connectivity index (χ3v) is 2.43. The molecule has 1 rings (SSSR count). The maximum atomic E-state index is 13.2. The summed E-state index contributed by atoms with van der Waals surface area (Å²) < 4.78 is 26.1.